The van der Waals surface area contributed by atoms with E-state index in [4.69, 9.17) is 0 Å². The van der Waals surface area contributed by atoms with Gasteiger partial charge in [-0.2, -0.15) is 0 Å². The normalized spacial score (nSPS) is 6.80. The number of rotatable bonds is 0. The van der Waals surface area contributed by atoms with Gasteiger partial charge >= 0.3 is 0 Å². The van der Waals surface area contributed by atoms with Crippen LogP contribution in [0, 0.1) is 0 Å². The second kappa shape index (κ2) is 2.48. The van der Waals surface area contributed by atoms with Gasteiger partial charge in [-0.1, -0.05) is 25.0 Å². The summed E-state index contributed by atoms with van der Waals surface area (Å²) in [6.45, 7) is 1.77. The van der Waals surface area contributed by atoms with Crippen molar-refractivity contribution < 1.29 is 0 Å². The Labute approximate surface area is 42.3 Å². The summed E-state index contributed by atoms with van der Waals surface area (Å²) in [6, 6.07) is 0. The van der Waals surface area contributed by atoms with Gasteiger partial charge in [0.05, 0.1) is 4.99 Å². The van der Waals surface area contributed by atoms with Crippen molar-refractivity contribution in [2.75, 3.05) is 0 Å². The quantitative estimate of drug-likeness (QED) is 0.350. The minimum absolute atomic E-state index is 0.702. The number of hydrogen-bond donors (Lipinski definition) is 2. The van der Waals surface area contributed by atoms with Crippen molar-refractivity contribution in [3.05, 3.63) is 0 Å². The number of hydrogen-bond acceptors (Lipinski definition) is 2. The fourth-order valence-corrected chi connectivity index (χ4v) is 0. The molecule has 0 rings (SSSR count). The molecule has 0 aromatic rings. The first-order chi connectivity index (χ1) is 2.27. The van der Waals surface area contributed by atoms with Gasteiger partial charge in [0.15, 0.2) is 0 Å². The molecule has 0 unspecified atom stereocenters. The van der Waals surface area contributed by atoms with Crippen LogP contribution in [0.1, 0.15) is 6.92 Å². The molecule has 0 bridgehead atoms. The van der Waals surface area contributed by atoms with Gasteiger partial charge in [-0.15, -0.1) is 0 Å². The molecule has 0 fully saturated rings. The second-order valence-corrected chi connectivity index (χ2v) is 1.50. The summed E-state index contributed by atoms with van der Waals surface area (Å²) in [7, 11) is 0. The summed E-state index contributed by atoms with van der Waals surface area (Å²) in [5.74, 6) is 0. The first-order valence-corrected chi connectivity index (χ1v) is 2.03. The van der Waals surface area contributed by atoms with E-state index in [2.05, 4.69) is 29.8 Å². The zero-order chi connectivity index (χ0) is 4.28. The molecular weight excluding hydrogens is 102 g/mol. The molecule has 0 aliphatic carbocycles. The van der Waals surface area contributed by atoms with Crippen molar-refractivity contribution in [1.82, 2.24) is 4.72 Å². The molecular formula is C2H5NS2. The summed E-state index contributed by atoms with van der Waals surface area (Å²) >= 11 is 8.13. The van der Waals surface area contributed by atoms with Crippen LogP contribution >= 0.6 is 25.0 Å². The molecule has 0 amide bonds. The number of nitrogens with one attached hydrogen (secondary N) is 1. The second-order valence-electron chi connectivity index (χ2n) is 0.668. The molecule has 0 saturated heterocycles. The first-order valence-electron chi connectivity index (χ1n) is 1.18. The molecule has 1 N–H and O–H groups in total. The Morgan fingerprint density at radius 3 is 2.20 bits per heavy atom. The number of thiocarbonyl (C=S) groups is 1. The lowest BCUT2D eigenvalue weighted by atomic mass is 10.8. The number of thiol groups is 1. The third-order valence-corrected chi connectivity index (χ3v) is 0.746. The van der Waals surface area contributed by atoms with Crippen LogP contribution in [0.15, 0.2) is 0 Å². The minimum Gasteiger partial charge on any atom is -0.327 e. The van der Waals surface area contributed by atoms with E-state index in [-0.39, 0.29) is 0 Å². The predicted molar refractivity (Wildman–Crippen MR) is 30.4 cm³/mol. The maximum absolute atomic E-state index is 4.51. The molecule has 3 heteroatoms. The fourth-order valence-electron chi connectivity index (χ4n) is 0. The molecule has 0 aromatic heterocycles. The van der Waals surface area contributed by atoms with Gasteiger partial charge in [0.25, 0.3) is 0 Å². The van der Waals surface area contributed by atoms with Crippen LogP contribution in [0.5, 0.6) is 0 Å². The minimum atomic E-state index is 0.702. The van der Waals surface area contributed by atoms with E-state index in [1.165, 1.54) is 0 Å². The molecule has 30 valence electrons. The topological polar surface area (TPSA) is 12.0 Å². The maximum atomic E-state index is 4.51. The Balaban J connectivity index is 2.85. The average molecular weight is 107 g/mol. The van der Waals surface area contributed by atoms with E-state index >= 15 is 0 Å². The lowest BCUT2D eigenvalue weighted by molar-refractivity contribution is 1.57. The summed E-state index contributed by atoms with van der Waals surface area (Å²) in [4.78, 5) is 0.702. The molecule has 0 saturated carbocycles. The van der Waals surface area contributed by atoms with Crippen LogP contribution in [0.3, 0.4) is 0 Å². The van der Waals surface area contributed by atoms with Crippen LogP contribution < -0.4 is 4.72 Å². The van der Waals surface area contributed by atoms with Gasteiger partial charge < -0.3 is 4.72 Å². The predicted octanol–water partition coefficient (Wildman–Crippen LogP) is 0.768. The summed E-state index contributed by atoms with van der Waals surface area (Å²) in [5.41, 5.74) is 0. The Morgan fingerprint density at radius 1 is 2.00 bits per heavy atom. The van der Waals surface area contributed by atoms with Gasteiger partial charge in [-0.05, 0) is 6.92 Å². The van der Waals surface area contributed by atoms with Crippen molar-refractivity contribution >= 4 is 30.0 Å². The van der Waals surface area contributed by atoms with E-state index in [0.29, 0.717) is 4.99 Å². The fraction of sp³-hybridized carbons (Fsp3) is 0.500. The molecule has 0 atom stereocenters. The Hall–Kier alpha value is 0.240. The summed E-state index contributed by atoms with van der Waals surface area (Å²) in [5, 5.41) is 0. The van der Waals surface area contributed by atoms with Gasteiger partial charge in [0, 0.05) is 0 Å². The highest BCUT2D eigenvalue weighted by molar-refractivity contribution is 7.84. The van der Waals surface area contributed by atoms with Crippen molar-refractivity contribution in [2.24, 2.45) is 0 Å². The molecule has 5 heavy (non-hydrogen) atoms. The van der Waals surface area contributed by atoms with E-state index < -0.39 is 0 Å². The third kappa shape index (κ3) is 4.24. The molecule has 0 heterocycles. The molecule has 0 spiro atoms. The lowest BCUT2D eigenvalue weighted by Gasteiger charge is -1.83. The summed E-state index contributed by atoms with van der Waals surface area (Å²) < 4.78 is 2.45. The first kappa shape index (κ1) is 5.24. The van der Waals surface area contributed by atoms with E-state index in [1.807, 2.05) is 0 Å². The lowest BCUT2D eigenvalue weighted by Crippen LogP contribution is -2.01. The molecule has 0 radical (unpaired) electrons. The van der Waals surface area contributed by atoms with Crippen molar-refractivity contribution in [2.45, 2.75) is 6.92 Å². The largest absolute Gasteiger partial charge is 0.327 e. The van der Waals surface area contributed by atoms with Gasteiger partial charge in [0.2, 0.25) is 0 Å². The Bertz CT molecular complexity index is 42.9. The molecule has 0 aliphatic heterocycles. The SMILES string of the molecule is CC(=S)NS. The zero-order valence-corrected chi connectivity index (χ0v) is 4.57. The smallest absolute Gasteiger partial charge is 0.0818 e. The van der Waals surface area contributed by atoms with Crippen molar-refractivity contribution in [1.29, 1.82) is 0 Å². The highest BCUT2D eigenvalue weighted by atomic mass is 32.1. The zero-order valence-electron chi connectivity index (χ0n) is 2.86. The van der Waals surface area contributed by atoms with Gasteiger partial charge in [0.1, 0.15) is 0 Å². The van der Waals surface area contributed by atoms with Crippen LogP contribution in [0.4, 0.5) is 0 Å². The highest BCUT2D eigenvalue weighted by Gasteiger charge is 1.67. The third-order valence-electron chi connectivity index (χ3n) is 0.157. The van der Waals surface area contributed by atoms with E-state index in [0.717, 1.165) is 0 Å². The molecule has 0 aliphatic rings. The Kier molecular flexibility index (Phi) is 2.59. The average Bonchev–Trinajstić information content (AvgIpc) is 1.38. The van der Waals surface area contributed by atoms with Gasteiger partial charge in [-0.3, -0.25) is 0 Å². The van der Waals surface area contributed by atoms with Crippen molar-refractivity contribution in [3.8, 4) is 0 Å². The Morgan fingerprint density at radius 2 is 2.20 bits per heavy atom. The van der Waals surface area contributed by atoms with Crippen LogP contribution in [0.25, 0.3) is 0 Å². The maximum Gasteiger partial charge on any atom is 0.0818 e. The highest BCUT2D eigenvalue weighted by Crippen LogP contribution is 1.64. The van der Waals surface area contributed by atoms with Crippen LogP contribution in [-0.4, -0.2) is 4.99 Å². The molecule has 0 aromatic carbocycles. The van der Waals surface area contributed by atoms with Gasteiger partial charge in [-0.25, -0.2) is 0 Å². The summed E-state index contributed by atoms with van der Waals surface area (Å²) in [6.07, 6.45) is 0. The van der Waals surface area contributed by atoms with Crippen LogP contribution in [-0.2, 0) is 0 Å². The van der Waals surface area contributed by atoms with Crippen LogP contribution in [0.2, 0.25) is 0 Å². The van der Waals surface area contributed by atoms with Crippen molar-refractivity contribution in [3.63, 3.8) is 0 Å². The molecule has 1 nitrogen and oxygen atoms in total. The monoisotopic (exact) mass is 107 g/mol. The van der Waals surface area contributed by atoms with E-state index in [9.17, 15) is 0 Å². The van der Waals surface area contributed by atoms with E-state index in [1.54, 1.807) is 6.92 Å². The standard InChI is InChI=1S/C2H5NS2/c1-2(4)3-5/h5H,1H3,(H,3,4).